The van der Waals surface area contributed by atoms with Crippen molar-refractivity contribution in [1.29, 1.82) is 0 Å². The molecule has 2 aromatic rings. The van der Waals surface area contributed by atoms with Crippen molar-refractivity contribution in [3.8, 4) is 11.5 Å². The highest BCUT2D eigenvalue weighted by Gasteiger charge is 2.20. The van der Waals surface area contributed by atoms with Crippen molar-refractivity contribution in [2.24, 2.45) is 11.8 Å². The third kappa shape index (κ3) is 11.5. The lowest BCUT2D eigenvalue weighted by Gasteiger charge is -2.28. The van der Waals surface area contributed by atoms with Crippen LogP contribution in [0, 0.1) is 11.8 Å². The molecule has 2 aromatic carbocycles. The molecule has 0 unspecified atom stereocenters. The van der Waals surface area contributed by atoms with E-state index < -0.39 is 0 Å². The summed E-state index contributed by atoms with van der Waals surface area (Å²) in [4.78, 5) is 12.6. The maximum absolute atomic E-state index is 12.6. The van der Waals surface area contributed by atoms with Crippen molar-refractivity contribution in [3.63, 3.8) is 0 Å². The Labute approximate surface area is 232 Å². The number of hydrogen-bond acceptors (Lipinski definition) is 3. The molecule has 38 heavy (non-hydrogen) atoms. The van der Waals surface area contributed by atoms with Gasteiger partial charge in [0, 0.05) is 0 Å². The Hall–Kier alpha value is -2.55. The summed E-state index contributed by atoms with van der Waals surface area (Å²) in [5.74, 6) is 2.88. The van der Waals surface area contributed by atoms with Crippen LogP contribution in [0.1, 0.15) is 119 Å². The first-order chi connectivity index (χ1) is 18.7. The summed E-state index contributed by atoms with van der Waals surface area (Å²) in [6.07, 6.45) is 22.8. The third-order valence-electron chi connectivity index (χ3n) is 8.07. The van der Waals surface area contributed by atoms with E-state index in [1.807, 2.05) is 30.3 Å². The zero-order valence-corrected chi connectivity index (χ0v) is 23.8. The molecule has 3 heteroatoms. The Morgan fingerprint density at radius 2 is 1.42 bits per heavy atom. The normalized spacial score (nSPS) is 17.2. The van der Waals surface area contributed by atoms with Gasteiger partial charge in [-0.25, -0.2) is 4.79 Å². The Morgan fingerprint density at radius 1 is 0.789 bits per heavy atom. The first-order valence-corrected chi connectivity index (χ1v) is 15.3. The predicted octanol–water partition coefficient (Wildman–Crippen LogP) is 10.1. The molecule has 0 heterocycles. The van der Waals surface area contributed by atoms with E-state index in [1.165, 1.54) is 76.2 Å². The fraction of sp³-hybridized carbons (Fsp3) is 0.571. The minimum Gasteiger partial charge on any atom is -0.494 e. The van der Waals surface area contributed by atoms with Crippen molar-refractivity contribution in [1.82, 2.24) is 0 Å². The van der Waals surface area contributed by atoms with Gasteiger partial charge >= 0.3 is 5.97 Å². The first kappa shape index (κ1) is 30.0. The van der Waals surface area contributed by atoms with Crippen LogP contribution in [0.3, 0.4) is 0 Å². The maximum Gasteiger partial charge on any atom is 0.343 e. The number of hydrogen-bond donors (Lipinski definition) is 0. The van der Waals surface area contributed by atoms with Crippen LogP contribution in [0.4, 0.5) is 0 Å². The fourth-order valence-electron chi connectivity index (χ4n) is 5.55. The zero-order valence-electron chi connectivity index (χ0n) is 23.8. The Bertz CT molecular complexity index is 907. The van der Waals surface area contributed by atoms with Crippen LogP contribution in [0.5, 0.6) is 11.5 Å². The molecule has 3 nitrogen and oxygen atoms in total. The number of carbonyl (C=O) groups excluding carboxylic acids is 1. The van der Waals surface area contributed by atoms with Crippen molar-refractivity contribution in [2.45, 2.75) is 110 Å². The first-order valence-electron chi connectivity index (χ1n) is 15.3. The number of benzene rings is 2. The highest BCUT2D eigenvalue weighted by molar-refractivity contribution is 5.91. The highest BCUT2D eigenvalue weighted by atomic mass is 16.5. The summed E-state index contributed by atoms with van der Waals surface area (Å²) < 4.78 is 11.4. The van der Waals surface area contributed by atoms with E-state index in [0.29, 0.717) is 17.9 Å². The van der Waals surface area contributed by atoms with Crippen LogP contribution < -0.4 is 9.47 Å². The van der Waals surface area contributed by atoms with E-state index in [9.17, 15) is 4.79 Å². The Balaban J connectivity index is 1.31. The van der Waals surface area contributed by atoms with E-state index in [4.69, 9.17) is 9.47 Å². The summed E-state index contributed by atoms with van der Waals surface area (Å²) >= 11 is 0. The molecule has 0 spiro atoms. The Morgan fingerprint density at radius 3 is 2.11 bits per heavy atom. The van der Waals surface area contributed by atoms with Crippen LogP contribution in [0.25, 0.3) is 0 Å². The van der Waals surface area contributed by atoms with E-state index in [2.05, 4.69) is 25.6 Å². The van der Waals surface area contributed by atoms with Gasteiger partial charge in [-0.3, -0.25) is 0 Å². The van der Waals surface area contributed by atoms with Crippen LogP contribution in [0.15, 0.2) is 61.2 Å². The minimum atomic E-state index is -0.337. The zero-order chi connectivity index (χ0) is 26.8. The molecule has 1 saturated carbocycles. The van der Waals surface area contributed by atoms with Crippen LogP contribution in [-0.4, -0.2) is 12.6 Å². The lowest BCUT2D eigenvalue weighted by atomic mass is 9.78. The second kappa shape index (κ2) is 17.9. The van der Waals surface area contributed by atoms with E-state index in [-0.39, 0.29) is 5.97 Å². The number of allylic oxidation sites excluding steroid dienone is 1. The van der Waals surface area contributed by atoms with Gasteiger partial charge in [0.25, 0.3) is 0 Å². The molecular weight excluding hydrogens is 468 g/mol. The van der Waals surface area contributed by atoms with Crippen molar-refractivity contribution in [3.05, 3.63) is 72.3 Å². The molecule has 208 valence electrons. The number of ether oxygens (including phenoxy) is 2. The lowest BCUT2D eigenvalue weighted by molar-refractivity contribution is 0.0734. The molecule has 1 aliphatic carbocycles. The van der Waals surface area contributed by atoms with Crippen LogP contribution >= 0.6 is 0 Å². The molecule has 0 aromatic heterocycles. The van der Waals surface area contributed by atoms with Gasteiger partial charge in [-0.2, -0.15) is 0 Å². The summed E-state index contributed by atoms with van der Waals surface area (Å²) in [6, 6.07) is 15.3. The van der Waals surface area contributed by atoms with E-state index in [0.717, 1.165) is 49.7 Å². The molecule has 0 atom stereocenters. The van der Waals surface area contributed by atoms with Gasteiger partial charge in [0.1, 0.15) is 11.5 Å². The fourth-order valence-corrected chi connectivity index (χ4v) is 5.55. The molecular formula is C35H50O3. The SMILES string of the molecule is C=CCCCCCOc1ccc(C(=O)Oc2ccc(CC[C@H]3CC[C@H](CCCCCCC)CC3)cc2)cc1. The average molecular weight is 519 g/mol. The van der Waals surface area contributed by atoms with Crippen molar-refractivity contribution < 1.29 is 14.3 Å². The predicted molar refractivity (Wildman–Crippen MR) is 159 cm³/mol. The second-order valence-corrected chi connectivity index (χ2v) is 11.2. The summed E-state index contributed by atoms with van der Waals surface area (Å²) in [5.41, 5.74) is 1.86. The molecule has 0 N–H and O–H groups in total. The summed E-state index contributed by atoms with van der Waals surface area (Å²) in [5, 5.41) is 0. The average Bonchev–Trinajstić information content (AvgIpc) is 2.95. The van der Waals surface area contributed by atoms with Crippen molar-refractivity contribution in [2.75, 3.05) is 6.61 Å². The van der Waals surface area contributed by atoms with E-state index >= 15 is 0 Å². The quantitative estimate of drug-likeness (QED) is 0.0852. The van der Waals surface area contributed by atoms with Crippen LogP contribution in [-0.2, 0) is 6.42 Å². The van der Waals surface area contributed by atoms with Gasteiger partial charge in [-0.05, 0) is 92.3 Å². The minimum absolute atomic E-state index is 0.337. The van der Waals surface area contributed by atoms with Crippen LogP contribution in [0.2, 0.25) is 0 Å². The number of esters is 1. The molecule has 0 amide bonds. The van der Waals surface area contributed by atoms with E-state index in [1.54, 1.807) is 12.1 Å². The number of rotatable bonds is 18. The number of carbonyl (C=O) groups is 1. The number of aryl methyl sites for hydroxylation is 1. The summed E-state index contributed by atoms with van der Waals surface area (Å²) in [7, 11) is 0. The molecule has 0 saturated heterocycles. The lowest BCUT2D eigenvalue weighted by Crippen LogP contribution is -2.15. The van der Waals surface area contributed by atoms with Gasteiger partial charge in [0.15, 0.2) is 0 Å². The molecule has 0 aliphatic heterocycles. The third-order valence-corrected chi connectivity index (χ3v) is 8.07. The molecule has 1 aliphatic rings. The molecule has 0 bridgehead atoms. The largest absolute Gasteiger partial charge is 0.494 e. The highest BCUT2D eigenvalue weighted by Crippen LogP contribution is 2.34. The molecule has 0 radical (unpaired) electrons. The maximum atomic E-state index is 12.6. The topological polar surface area (TPSA) is 35.5 Å². The van der Waals surface area contributed by atoms with Gasteiger partial charge in [0.05, 0.1) is 12.2 Å². The Kier molecular flexibility index (Phi) is 14.1. The van der Waals surface area contributed by atoms with Crippen molar-refractivity contribution >= 4 is 5.97 Å². The van der Waals surface area contributed by atoms with Gasteiger partial charge in [0.2, 0.25) is 0 Å². The number of unbranched alkanes of at least 4 members (excludes halogenated alkanes) is 7. The van der Waals surface area contributed by atoms with Gasteiger partial charge < -0.3 is 9.47 Å². The summed E-state index contributed by atoms with van der Waals surface area (Å²) in [6.45, 7) is 6.72. The smallest absolute Gasteiger partial charge is 0.343 e. The standard InChI is InChI=1S/C35H50O3/c1-3-5-7-9-11-13-29-14-16-30(17-15-29)18-19-31-20-24-34(25-21-31)38-35(36)32-22-26-33(27-23-32)37-28-12-10-8-6-4-2/h4,20-27,29-30H,2-3,5-19,28H2,1H3/t29-,30-. The van der Waals surface area contributed by atoms with Gasteiger partial charge in [-0.15, -0.1) is 6.58 Å². The second-order valence-electron chi connectivity index (χ2n) is 11.2. The molecule has 1 fully saturated rings. The monoisotopic (exact) mass is 518 g/mol. The van der Waals surface area contributed by atoms with Gasteiger partial charge in [-0.1, -0.05) is 89.3 Å². The molecule has 3 rings (SSSR count).